The van der Waals surface area contributed by atoms with Gasteiger partial charge in [-0.25, -0.2) is 4.79 Å². The summed E-state index contributed by atoms with van der Waals surface area (Å²) in [5.74, 6) is 0. The van der Waals surface area contributed by atoms with Crippen molar-refractivity contribution in [2.75, 3.05) is 33.7 Å². The van der Waals surface area contributed by atoms with E-state index in [1.165, 1.54) is 11.1 Å². The molecule has 1 saturated heterocycles. The molecule has 1 N–H and O–H groups in total. The van der Waals surface area contributed by atoms with E-state index in [9.17, 15) is 4.79 Å². The highest BCUT2D eigenvalue weighted by atomic mass is 16.2. The maximum atomic E-state index is 11.9. The molecule has 1 aromatic rings. The van der Waals surface area contributed by atoms with Gasteiger partial charge >= 0.3 is 6.03 Å². The van der Waals surface area contributed by atoms with E-state index in [1.807, 2.05) is 4.90 Å². The van der Waals surface area contributed by atoms with E-state index in [-0.39, 0.29) is 12.1 Å². The van der Waals surface area contributed by atoms with Gasteiger partial charge in [0.25, 0.3) is 0 Å². The first-order chi connectivity index (χ1) is 9.08. The second kappa shape index (κ2) is 6.06. The molecule has 4 heteroatoms. The van der Waals surface area contributed by atoms with Crippen LogP contribution in [0.2, 0.25) is 0 Å². The zero-order chi connectivity index (χ0) is 13.8. The van der Waals surface area contributed by atoms with E-state index < -0.39 is 0 Å². The van der Waals surface area contributed by atoms with Crippen molar-refractivity contribution >= 4 is 6.03 Å². The lowest BCUT2D eigenvalue weighted by molar-refractivity contribution is 0.200. The Morgan fingerprint density at radius 3 is 2.63 bits per heavy atom. The van der Waals surface area contributed by atoms with Crippen LogP contribution in [0.25, 0.3) is 0 Å². The lowest BCUT2D eigenvalue weighted by atomic mass is 10.0. The summed E-state index contributed by atoms with van der Waals surface area (Å²) < 4.78 is 0. The number of aryl methyl sites for hydroxylation is 1. The zero-order valence-electron chi connectivity index (χ0n) is 12.0. The van der Waals surface area contributed by atoms with Crippen LogP contribution in [-0.4, -0.2) is 49.6 Å². The minimum absolute atomic E-state index is 0.0596. The SMILES string of the molecule is Cc1ccc(C2CNC(=O)N2CCCN(C)C)cc1. The quantitative estimate of drug-likeness (QED) is 0.880. The van der Waals surface area contributed by atoms with Crippen molar-refractivity contribution in [1.29, 1.82) is 0 Å². The molecule has 2 rings (SSSR count). The van der Waals surface area contributed by atoms with E-state index >= 15 is 0 Å². The van der Waals surface area contributed by atoms with Gasteiger partial charge in [-0.15, -0.1) is 0 Å². The lowest BCUT2D eigenvalue weighted by Gasteiger charge is -2.24. The Kier molecular flexibility index (Phi) is 4.43. The van der Waals surface area contributed by atoms with Crippen LogP contribution in [0.5, 0.6) is 0 Å². The van der Waals surface area contributed by atoms with Crippen LogP contribution in [0.3, 0.4) is 0 Å². The maximum absolute atomic E-state index is 11.9. The number of carbonyl (C=O) groups excluding carboxylic acids is 1. The highest BCUT2D eigenvalue weighted by molar-refractivity contribution is 5.77. The molecule has 104 valence electrons. The number of nitrogens with zero attached hydrogens (tertiary/aromatic N) is 2. The molecule has 0 bridgehead atoms. The highest BCUT2D eigenvalue weighted by Gasteiger charge is 2.31. The molecule has 1 atom stereocenters. The van der Waals surface area contributed by atoms with Crippen molar-refractivity contribution in [1.82, 2.24) is 15.1 Å². The average Bonchev–Trinajstić information content (AvgIpc) is 2.72. The van der Waals surface area contributed by atoms with E-state index in [4.69, 9.17) is 0 Å². The van der Waals surface area contributed by atoms with Crippen molar-refractivity contribution in [2.45, 2.75) is 19.4 Å². The number of nitrogens with one attached hydrogen (secondary N) is 1. The first-order valence-corrected chi connectivity index (χ1v) is 6.83. The molecule has 1 aromatic carbocycles. The summed E-state index contributed by atoms with van der Waals surface area (Å²) in [6.07, 6.45) is 1.00. The number of hydrogen-bond acceptors (Lipinski definition) is 2. The maximum Gasteiger partial charge on any atom is 0.318 e. The van der Waals surface area contributed by atoms with Gasteiger partial charge in [-0.05, 0) is 39.5 Å². The molecule has 0 spiro atoms. The summed E-state index contributed by atoms with van der Waals surface area (Å²) in [4.78, 5) is 16.0. The standard InChI is InChI=1S/C15H23N3O/c1-12-5-7-13(8-6-12)14-11-16-15(19)18(14)10-4-9-17(2)3/h5-8,14H,4,9-11H2,1-3H3,(H,16,19). The van der Waals surface area contributed by atoms with Gasteiger partial charge in [-0.3, -0.25) is 0 Å². The summed E-state index contributed by atoms with van der Waals surface area (Å²) in [5.41, 5.74) is 2.47. The van der Waals surface area contributed by atoms with Crippen LogP contribution in [0.4, 0.5) is 4.79 Å². The minimum atomic E-state index is 0.0596. The minimum Gasteiger partial charge on any atom is -0.336 e. The van der Waals surface area contributed by atoms with Crippen molar-refractivity contribution in [3.63, 3.8) is 0 Å². The largest absolute Gasteiger partial charge is 0.336 e. The summed E-state index contributed by atoms with van der Waals surface area (Å²) in [6.45, 7) is 4.60. The Labute approximate surface area is 115 Å². The fourth-order valence-electron chi connectivity index (χ4n) is 2.44. The molecule has 0 aliphatic carbocycles. The summed E-state index contributed by atoms with van der Waals surface area (Å²) >= 11 is 0. The van der Waals surface area contributed by atoms with Gasteiger partial charge in [-0.2, -0.15) is 0 Å². The molecule has 1 unspecified atom stereocenters. The van der Waals surface area contributed by atoms with E-state index in [0.717, 1.165) is 19.5 Å². The molecule has 0 radical (unpaired) electrons. The van der Waals surface area contributed by atoms with E-state index in [2.05, 4.69) is 55.5 Å². The zero-order valence-corrected chi connectivity index (χ0v) is 12.0. The number of urea groups is 1. The Morgan fingerprint density at radius 2 is 2.00 bits per heavy atom. The van der Waals surface area contributed by atoms with Crippen molar-refractivity contribution in [3.8, 4) is 0 Å². The smallest absolute Gasteiger partial charge is 0.318 e. The third-order valence-corrected chi connectivity index (χ3v) is 3.55. The number of carbonyl (C=O) groups is 1. The summed E-state index contributed by atoms with van der Waals surface area (Å²) in [7, 11) is 4.11. The number of benzene rings is 1. The van der Waals surface area contributed by atoms with Gasteiger partial charge < -0.3 is 15.1 Å². The topological polar surface area (TPSA) is 35.6 Å². The molecule has 1 heterocycles. The number of amides is 2. The monoisotopic (exact) mass is 261 g/mol. The van der Waals surface area contributed by atoms with Gasteiger partial charge in [0, 0.05) is 13.1 Å². The molecule has 4 nitrogen and oxygen atoms in total. The predicted octanol–water partition coefficient (Wildman–Crippen LogP) is 2.01. The van der Waals surface area contributed by atoms with E-state index in [0.29, 0.717) is 6.54 Å². The van der Waals surface area contributed by atoms with E-state index in [1.54, 1.807) is 0 Å². The van der Waals surface area contributed by atoms with Crippen molar-refractivity contribution in [2.24, 2.45) is 0 Å². The molecule has 2 amide bonds. The lowest BCUT2D eigenvalue weighted by Crippen LogP contribution is -2.32. The molecular weight excluding hydrogens is 238 g/mol. The molecule has 1 aliphatic heterocycles. The van der Waals surface area contributed by atoms with Crippen molar-refractivity contribution < 1.29 is 4.79 Å². The third kappa shape index (κ3) is 3.47. The van der Waals surface area contributed by atoms with Crippen molar-refractivity contribution in [3.05, 3.63) is 35.4 Å². The van der Waals surface area contributed by atoms with Crippen LogP contribution in [0.15, 0.2) is 24.3 Å². The molecule has 19 heavy (non-hydrogen) atoms. The van der Waals surface area contributed by atoms with Gasteiger partial charge in [0.2, 0.25) is 0 Å². The second-order valence-electron chi connectivity index (χ2n) is 5.46. The Morgan fingerprint density at radius 1 is 1.32 bits per heavy atom. The van der Waals surface area contributed by atoms with Gasteiger partial charge in [0.1, 0.15) is 0 Å². The third-order valence-electron chi connectivity index (χ3n) is 3.55. The highest BCUT2D eigenvalue weighted by Crippen LogP contribution is 2.24. The summed E-state index contributed by atoms with van der Waals surface area (Å²) in [6, 6.07) is 8.70. The Bertz CT molecular complexity index is 428. The fraction of sp³-hybridized carbons (Fsp3) is 0.533. The second-order valence-corrected chi connectivity index (χ2v) is 5.46. The Hall–Kier alpha value is -1.55. The summed E-state index contributed by atoms with van der Waals surface area (Å²) in [5, 5.41) is 2.94. The molecule has 0 saturated carbocycles. The van der Waals surface area contributed by atoms with Crippen LogP contribution in [-0.2, 0) is 0 Å². The normalized spacial score (nSPS) is 19.1. The predicted molar refractivity (Wildman–Crippen MR) is 77.2 cm³/mol. The molecular formula is C15H23N3O. The van der Waals surface area contributed by atoms with Gasteiger partial charge in [-0.1, -0.05) is 29.8 Å². The molecule has 0 aromatic heterocycles. The van der Waals surface area contributed by atoms with Crippen LogP contribution in [0.1, 0.15) is 23.6 Å². The van der Waals surface area contributed by atoms with Crippen LogP contribution >= 0.6 is 0 Å². The van der Waals surface area contributed by atoms with Gasteiger partial charge in [0.05, 0.1) is 6.04 Å². The first-order valence-electron chi connectivity index (χ1n) is 6.83. The van der Waals surface area contributed by atoms with Crippen LogP contribution < -0.4 is 5.32 Å². The average molecular weight is 261 g/mol. The number of hydrogen-bond donors (Lipinski definition) is 1. The molecule has 1 fully saturated rings. The fourth-order valence-corrected chi connectivity index (χ4v) is 2.44. The Balaban J connectivity index is 2.02. The molecule has 1 aliphatic rings. The van der Waals surface area contributed by atoms with Crippen LogP contribution in [0, 0.1) is 6.92 Å². The number of rotatable bonds is 5. The van der Waals surface area contributed by atoms with Gasteiger partial charge in [0.15, 0.2) is 0 Å². The first kappa shape index (κ1) is 13.9.